The zero-order chi connectivity index (χ0) is 25.0. The Hall–Kier alpha value is -2.74. The maximum Gasteiger partial charge on any atom is 0.336 e. The van der Waals surface area contributed by atoms with Crippen LogP contribution in [0.2, 0.25) is 0 Å². The molecule has 0 radical (unpaired) electrons. The second-order valence-electron chi connectivity index (χ2n) is 9.62. The topological polar surface area (TPSA) is 55.8 Å². The SMILES string of the molecule is CC(C)(C)c1ccc(/C=C/C(=O)Oc2ccc(/C=C3\SC(=S)N(C[C@@H]4CCCO4)C3=O)cc2)cc1. The maximum atomic E-state index is 12.8. The molecule has 2 fully saturated rings. The Kier molecular flexibility index (Phi) is 7.89. The molecule has 35 heavy (non-hydrogen) atoms. The Morgan fingerprint density at radius 3 is 2.46 bits per heavy atom. The van der Waals surface area contributed by atoms with E-state index in [0.29, 0.717) is 21.5 Å². The summed E-state index contributed by atoms with van der Waals surface area (Å²) in [5, 5.41) is 0. The van der Waals surface area contributed by atoms with Gasteiger partial charge in [-0.15, -0.1) is 0 Å². The summed E-state index contributed by atoms with van der Waals surface area (Å²) in [6.07, 6.45) is 6.99. The molecule has 5 nitrogen and oxygen atoms in total. The number of ether oxygens (including phenoxy) is 2. The lowest BCUT2D eigenvalue weighted by atomic mass is 9.87. The molecule has 1 atom stereocenters. The van der Waals surface area contributed by atoms with Crippen LogP contribution < -0.4 is 4.74 Å². The molecular weight excluding hydrogens is 478 g/mol. The average molecular weight is 508 g/mol. The fraction of sp³-hybridized carbons (Fsp3) is 0.321. The van der Waals surface area contributed by atoms with Crippen LogP contribution in [0.5, 0.6) is 5.75 Å². The summed E-state index contributed by atoms with van der Waals surface area (Å²) in [5.74, 6) is -0.106. The first kappa shape index (κ1) is 25.4. The van der Waals surface area contributed by atoms with Crippen LogP contribution in [0.15, 0.2) is 59.5 Å². The van der Waals surface area contributed by atoms with Crippen LogP contribution in [0.3, 0.4) is 0 Å². The fourth-order valence-electron chi connectivity index (χ4n) is 3.84. The monoisotopic (exact) mass is 507 g/mol. The molecule has 0 spiro atoms. The summed E-state index contributed by atoms with van der Waals surface area (Å²) in [4.78, 5) is 27.2. The van der Waals surface area contributed by atoms with Crippen LogP contribution in [0.25, 0.3) is 12.2 Å². The van der Waals surface area contributed by atoms with Crippen molar-refractivity contribution >= 4 is 52.3 Å². The van der Waals surface area contributed by atoms with Gasteiger partial charge in [0.1, 0.15) is 10.1 Å². The molecular formula is C28H29NO4S2. The van der Waals surface area contributed by atoms with E-state index in [1.807, 2.05) is 30.3 Å². The van der Waals surface area contributed by atoms with E-state index in [9.17, 15) is 9.59 Å². The van der Waals surface area contributed by atoms with Crippen molar-refractivity contribution in [2.45, 2.75) is 45.1 Å². The third-order valence-corrected chi connectivity index (χ3v) is 7.25. The highest BCUT2D eigenvalue weighted by Crippen LogP contribution is 2.33. The molecule has 2 saturated heterocycles. The molecule has 182 valence electrons. The first-order chi connectivity index (χ1) is 16.7. The van der Waals surface area contributed by atoms with Gasteiger partial charge in [-0.3, -0.25) is 9.69 Å². The summed E-state index contributed by atoms with van der Waals surface area (Å²) < 4.78 is 11.6. The minimum Gasteiger partial charge on any atom is -0.423 e. The predicted molar refractivity (Wildman–Crippen MR) is 145 cm³/mol. The van der Waals surface area contributed by atoms with Gasteiger partial charge in [0, 0.05) is 12.7 Å². The van der Waals surface area contributed by atoms with Crippen molar-refractivity contribution in [2.24, 2.45) is 0 Å². The van der Waals surface area contributed by atoms with Gasteiger partial charge in [-0.1, -0.05) is 81.1 Å². The Balaban J connectivity index is 1.33. The number of carbonyl (C=O) groups is 2. The maximum absolute atomic E-state index is 12.8. The highest BCUT2D eigenvalue weighted by molar-refractivity contribution is 8.26. The lowest BCUT2D eigenvalue weighted by Gasteiger charge is -2.18. The molecule has 0 unspecified atom stereocenters. The third kappa shape index (κ3) is 6.69. The van der Waals surface area contributed by atoms with E-state index in [0.717, 1.165) is 30.6 Å². The Bertz CT molecular complexity index is 1150. The molecule has 2 aromatic carbocycles. The van der Waals surface area contributed by atoms with Gasteiger partial charge >= 0.3 is 5.97 Å². The number of thiocarbonyl (C=S) groups is 1. The summed E-state index contributed by atoms with van der Waals surface area (Å²) in [6.45, 7) is 7.74. The largest absolute Gasteiger partial charge is 0.423 e. The van der Waals surface area contributed by atoms with Crippen molar-refractivity contribution in [3.05, 3.63) is 76.2 Å². The molecule has 7 heteroatoms. The number of thioether (sulfide) groups is 1. The van der Waals surface area contributed by atoms with Gasteiger partial charge in [0.15, 0.2) is 0 Å². The number of rotatable bonds is 6. The summed E-state index contributed by atoms with van der Waals surface area (Å²) in [7, 11) is 0. The van der Waals surface area contributed by atoms with E-state index in [1.165, 1.54) is 23.4 Å². The van der Waals surface area contributed by atoms with Crippen LogP contribution in [-0.2, 0) is 19.7 Å². The zero-order valence-corrected chi connectivity index (χ0v) is 21.8. The molecule has 0 N–H and O–H groups in total. The van der Waals surface area contributed by atoms with E-state index in [-0.39, 0.29) is 17.4 Å². The first-order valence-corrected chi connectivity index (χ1v) is 12.9. The van der Waals surface area contributed by atoms with Crippen molar-refractivity contribution in [1.29, 1.82) is 0 Å². The molecule has 2 aliphatic rings. The highest BCUT2D eigenvalue weighted by atomic mass is 32.2. The van der Waals surface area contributed by atoms with Gasteiger partial charge in [0.25, 0.3) is 5.91 Å². The minimum atomic E-state index is -0.451. The molecule has 0 aliphatic carbocycles. The molecule has 4 rings (SSSR count). The number of benzene rings is 2. The second kappa shape index (κ2) is 10.9. The molecule has 0 saturated carbocycles. The summed E-state index contributed by atoms with van der Waals surface area (Å²) in [5.41, 5.74) is 3.09. The van der Waals surface area contributed by atoms with Crippen molar-refractivity contribution in [2.75, 3.05) is 13.2 Å². The predicted octanol–water partition coefficient (Wildman–Crippen LogP) is 5.98. The van der Waals surface area contributed by atoms with Gasteiger partial charge in [-0.05, 0) is 59.2 Å². The Labute approximate surface area is 216 Å². The summed E-state index contributed by atoms with van der Waals surface area (Å²) in [6, 6.07) is 15.2. The number of carbonyl (C=O) groups excluding carboxylic acids is 2. The zero-order valence-electron chi connectivity index (χ0n) is 20.2. The van der Waals surface area contributed by atoms with Gasteiger partial charge < -0.3 is 9.47 Å². The molecule has 2 aliphatic heterocycles. The van der Waals surface area contributed by atoms with Crippen LogP contribution in [-0.4, -0.2) is 40.4 Å². The van der Waals surface area contributed by atoms with E-state index >= 15 is 0 Å². The lowest BCUT2D eigenvalue weighted by Crippen LogP contribution is -2.35. The number of amides is 1. The van der Waals surface area contributed by atoms with Crippen molar-refractivity contribution in [1.82, 2.24) is 4.90 Å². The van der Waals surface area contributed by atoms with E-state index in [2.05, 4.69) is 32.9 Å². The number of esters is 1. The molecule has 0 aromatic heterocycles. The van der Waals surface area contributed by atoms with Gasteiger partial charge in [0.05, 0.1) is 17.6 Å². The van der Waals surface area contributed by atoms with Gasteiger partial charge in [-0.2, -0.15) is 0 Å². The summed E-state index contributed by atoms with van der Waals surface area (Å²) >= 11 is 6.70. The fourth-order valence-corrected chi connectivity index (χ4v) is 5.12. The standard InChI is InChI=1S/C28H29NO4S2/c1-28(2,3)21-11-6-19(7-12-21)10-15-25(30)33-22-13-8-20(9-14-22)17-24-26(31)29(27(34)35-24)18-23-5-4-16-32-23/h6-15,17,23H,4-5,16,18H2,1-3H3/b15-10+,24-17-/t23-/m0/s1. The van der Waals surface area contributed by atoms with Crippen LogP contribution in [0, 0.1) is 0 Å². The lowest BCUT2D eigenvalue weighted by molar-refractivity contribution is -0.129. The van der Waals surface area contributed by atoms with Gasteiger partial charge in [0.2, 0.25) is 0 Å². The van der Waals surface area contributed by atoms with E-state index < -0.39 is 5.97 Å². The number of nitrogens with zero attached hydrogens (tertiary/aromatic N) is 1. The van der Waals surface area contributed by atoms with Crippen LogP contribution >= 0.6 is 24.0 Å². The Morgan fingerprint density at radius 1 is 1.14 bits per heavy atom. The quantitative estimate of drug-likeness (QED) is 0.207. The normalized spacial score (nSPS) is 19.8. The van der Waals surface area contributed by atoms with Gasteiger partial charge in [-0.25, -0.2) is 4.79 Å². The Morgan fingerprint density at radius 2 is 1.83 bits per heavy atom. The minimum absolute atomic E-state index is 0.0581. The smallest absolute Gasteiger partial charge is 0.336 e. The molecule has 2 heterocycles. The first-order valence-electron chi connectivity index (χ1n) is 11.7. The number of hydrogen-bond donors (Lipinski definition) is 0. The van der Waals surface area contributed by atoms with Crippen molar-refractivity contribution in [3.63, 3.8) is 0 Å². The van der Waals surface area contributed by atoms with Crippen LogP contribution in [0.4, 0.5) is 0 Å². The van der Waals surface area contributed by atoms with Crippen LogP contribution in [0.1, 0.15) is 50.3 Å². The molecule has 2 aromatic rings. The van der Waals surface area contributed by atoms with Crippen molar-refractivity contribution < 1.29 is 19.1 Å². The van der Waals surface area contributed by atoms with E-state index in [1.54, 1.807) is 23.1 Å². The highest BCUT2D eigenvalue weighted by Gasteiger charge is 2.34. The second-order valence-corrected chi connectivity index (χ2v) is 11.3. The van der Waals surface area contributed by atoms with E-state index in [4.69, 9.17) is 21.7 Å². The number of hydrogen-bond acceptors (Lipinski definition) is 6. The molecule has 0 bridgehead atoms. The molecule has 1 amide bonds. The third-order valence-electron chi connectivity index (χ3n) is 5.87. The average Bonchev–Trinajstić information content (AvgIpc) is 3.43. The van der Waals surface area contributed by atoms with Crippen molar-refractivity contribution in [3.8, 4) is 5.75 Å².